The van der Waals surface area contributed by atoms with E-state index in [0.29, 0.717) is 22.2 Å². The van der Waals surface area contributed by atoms with Crippen LogP contribution >= 0.6 is 35.0 Å². The van der Waals surface area contributed by atoms with E-state index in [9.17, 15) is 4.79 Å². The van der Waals surface area contributed by atoms with Gasteiger partial charge in [0.15, 0.2) is 5.16 Å². The number of hydrogen-bond donors (Lipinski definition) is 1. The SMILES string of the molecule is Cn1c(CCC(N)=O)nnc1SCc1ccc(Cl)cc1Cl. The van der Waals surface area contributed by atoms with Crippen LogP contribution in [-0.2, 0) is 24.0 Å². The molecule has 5 nitrogen and oxygen atoms in total. The third kappa shape index (κ3) is 4.36. The summed E-state index contributed by atoms with van der Waals surface area (Å²) in [5, 5.41) is 10.2. The second kappa shape index (κ2) is 7.15. The molecule has 0 spiro atoms. The maximum absolute atomic E-state index is 10.8. The van der Waals surface area contributed by atoms with E-state index in [1.807, 2.05) is 17.7 Å². The molecule has 0 unspecified atom stereocenters. The molecule has 1 amide bonds. The maximum atomic E-state index is 10.8. The Balaban J connectivity index is 2.02. The molecule has 2 rings (SSSR count). The first-order valence-corrected chi connectivity index (χ1v) is 7.95. The summed E-state index contributed by atoms with van der Waals surface area (Å²) in [4.78, 5) is 10.8. The number of aryl methyl sites for hydroxylation is 1. The molecule has 112 valence electrons. The Labute approximate surface area is 136 Å². The molecule has 21 heavy (non-hydrogen) atoms. The van der Waals surface area contributed by atoms with E-state index < -0.39 is 0 Å². The topological polar surface area (TPSA) is 73.8 Å². The minimum absolute atomic E-state index is 0.264. The van der Waals surface area contributed by atoms with Crippen molar-refractivity contribution in [3.8, 4) is 0 Å². The van der Waals surface area contributed by atoms with Crippen molar-refractivity contribution in [2.45, 2.75) is 23.8 Å². The lowest BCUT2D eigenvalue weighted by Crippen LogP contribution is -2.12. The summed E-state index contributed by atoms with van der Waals surface area (Å²) in [5.41, 5.74) is 6.11. The van der Waals surface area contributed by atoms with Crippen molar-refractivity contribution in [3.63, 3.8) is 0 Å². The maximum Gasteiger partial charge on any atom is 0.217 e. The third-order valence-corrected chi connectivity index (χ3v) is 4.55. The summed E-state index contributed by atoms with van der Waals surface area (Å²) in [6.07, 6.45) is 0.751. The third-order valence-electron chi connectivity index (χ3n) is 2.89. The first-order chi connectivity index (χ1) is 9.97. The number of carbonyl (C=O) groups is 1. The lowest BCUT2D eigenvalue weighted by Gasteiger charge is -2.05. The van der Waals surface area contributed by atoms with Gasteiger partial charge in [-0.1, -0.05) is 41.0 Å². The molecule has 2 N–H and O–H groups in total. The highest BCUT2D eigenvalue weighted by molar-refractivity contribution is 7.98. The van der Waals surface area contributed by atoms with Gasteiger partial charge in [-0.15, -0.1) is 10.2 Å². The van der Waals surface area contributed by atoms with E-state index in [-0.39, 0.29) is 12.3 Å². The lowest BCUT2D eigenvalue weighted by atomic mass is 10.2. The molecular weight excluding hydrogens is 331 g/mol. The first kappa shape index (κ1) is 16.1. The van der Waals surface area contributed by atoms with Gasteiger partial charge >= 0.3 is 0 Å². The van der Waals surface area contributed by atoms with E-state index in [1.54, 1.807) is 12.1 Å². The zero-order chi connectivity index (χ0) is 15.4. The number of primary amides is 1. The van der Waals surface area contributed by atoms with E-state index in [2.05, 4.69) is 10.2 Å². The fraction of sp³-hybridized carbons (Fsp3) is 0.308. The van der Waals surface area contributed by atoms with Gasteiger partial charge in [0.25, 0.3) is 0 Å². The molecule has 0 bridgehead atoms. The van der Waals surface area contributed by atoms with Crippen molar-refractivity contribution in [3.05, 3.63) is 39.6 Å². The van der Waals surface area contributed by atoms with Gasteiger partial charge in [-0.2, -0.15) is 0 Å². The average molecular weight is 345 g/mol. The van der Waals surface area contributed by atoms with Crippen molar-refractivity contribution < 1.29 is 4.79 Å². The van der Waals surface area contributed by atoms with Crippen LogP contribution in [0.2, 0.25) is 10.0 Å². The van der Waals surface area contributed by atoms with Crippen molar-refractivity contribution in [2.75, 3.05) is 0 Å². The molecule has 0 aliphatic rings. The number of amides is 1. The molecule has 0 fully saturated rings. The van der Waals surface area contributed by atoms with Crippen LogP contribution in [0.5, 0.6) is 0 Å². The summed E-state index contributed by atoms with van der Waals surface area (Å²) in [6, 6.07) is 5.41. The zero-order valence-electron chi connectivity index (χ0n) is 11.3. The Bertz CT molecular complexity index is 660. The van der Waals surface area contributed by atoms with Crippen molar-refractivity contribution >= 4 is 40.9 Å². The zero-order valence-corrected chi connectivity index (χ0v) is 13.7. The van der Waals surface area contributed by atoms with E-state index in [4.69, 9.17) is 28.9 Å². The standard InChI is InChI=1S/C13H14Cl2N4OS/c1-19-12(5-4-11(16)20)17-18-13(19)21-7-8-2-3-9(14)6-10(8)15/h2-3,6H,4-5,7H2,1H3,(H2,16,20). The highest BCUT2D eigenvalue weighted by Gasteiger charge is 2.11. The number of nitrogens with zero attached hydrogens (tertiary/aromatic N) is 3. The second-order valence-electron chi connectivity index (χ2n) is 4.45. The van der Waals surface area contributed by atoms with Gasteiger partial charge in [0, 0.05) is 35.7 Å². The minimum Gasteiger partial charge on any atom is -0.370 e. The van der Waals surface area contributed by atoms with Gasteiger partial charge in [-0.05, 0) is 17.7 Å². The quantitative estimate of drug-likeness (QED) is 0.817. The Kier molecular flexibility index (Phi) is 5.50. The molecule has 0 atom stereocenters. The monoisotopic (exact) mass is 344 g/mol. The van der Waals surface area contributed by atoms with Crippen LogP contribution in [0.3, 0.4) is 0 Å². The molecule has 0 saturated heterocycles. The fourth-order valence-corrected chi connectivity index (χ4v) is 3.19. The summed E-state index contributed by atoms with van der Waals surface area (Å²) >= 11 is 13.5. The van der Waals surface area contributed by atoms with Crippen LogP contribution in [0.4, 0.5) is 0 Å². The summed E-state index contributed by atoms with van der Waals surface area (Å²) in [6.45, 7) is 0. The van der Waals surface area contributed by atoms with Crippen molar-refractivity contribution in [2.24, 2.45) is 12.8 Å². The molecule has 0 saturated carbocycles. The molecule has 0 radical (unpaired) electrons. The largest absolute Gasteiger partial charge is 0.370 e. The molecule has 0 aliphatic carbocycles. The van der Waals surface area contributed by atoms with Gasteiger partial charge in [0.1, 0.15) is 5.82 Å². The number of aromatic nitrogens is 3. The Morgan fingerprint density at radius 3 is 2.81 bits per heavy atom. The molecule has 1 aromatic carbocycles. The van der Waals surface area contributed by atoms with Gasteiger partial charge in [-0.25, -0.2) is 0 Å². The predicted molar refractivity (Wildman–Crippen MR) is 84.5 cm³/mol. The molecular formula is C13H14Cl2N4OS. The number of hydrogen-bond acceptors (Lipinski definition) is 4. The Hall–Kier alpha value is -1.24. The van der Waals surface area contributed by atoms with Crippen LogP contribution in [0.15, 0.2) is 23.4 Å². The normalized spacial score (nSPS) is 10.8. The number of benzene rings is 1. The van der Waals surface area contributed by atoms with Crippen molar-refractivity contribution in [1.29, 1.82) is 0 Å². The first-order valence-electron chi connectivity index (χ1n) is 6.20. The van der Waals surface area contributed by atoms with Crippen LogP contribution < -0.4 is 5.73 Å². The van der Waals surface area contributed by atoms with Gasteiger partial charge < -0.3 is 10.3 Å². The van der Waals surface area contributed by atoms with E-state index in [1.165, 1.54) is 11.8 Å². The summed E-state index contributed by atoms with van der Waals surface area (Å²) < 4.78 is 1.86. The molecule has 2 aromatic rings. The van der Waals surface area contributed by atoms with Crippen LogP contribution in [0.25, 0.3) is 0 Å². The Morgan fingerprint density at radius 1 is 1.38 bits per heavy atom. The summed E-state index contributed by atoms with van der Waals surface area (Å²) in [7, 11) is 1.86. The van der Waals surface area contributed by atoms with Gasteiger partial charge in [-0.3, -0.25) is 4.79 Å². The fourth-order valence-electron chi connectivity index (χ4n) is 1.70. The summed E-state index contributed by atoms with van der Waals surface area (Å²) in [5.74, 6) is 1.05. The molecule has 8 heteroatoms. The van der Waals surface area contributed by atoms with Gasteiger partial charge in [0.05, 0.1) is 0 Å². The number of nitrogens with two attached hydrogens (primary N) is 1. The number of halogens is 2. The Morgan fingerprint density at radius 2 is 2.14 bits per heavy atom. The van der Waals surface area contributed by atoms with E-state index in [0.717, 1.165) is 16.5 Å². The number of thioether (sulfide) groups is 1. The molecule has 1 aromatic heterocycles. The van der Waals surface area contributed by atoms with Crippen molar-refractivity contribution in [1.82, 2.24) is 14.8 Å². The van der Waals surface area contributed by atoms with Gasteiger partial charge in [0.2, 0.25) is 5.91 Å². The molecule has 1 heterocycles. The smallest absolute Gasteiger partial charge is 0.217 e. The van der Waals surface area contributed by atoms with Crippen LogP contribution in [-0.4, -0.2) is 20.7 Å². The van der Waals surface area contributed by atoms with E-state index >= 15 is 0 Å². The number of carbonyl (C=O) groups excluding carboxylic acids is 1. The minimum atomic E-state index is -0.347. The van der Waals surface area contributed by atoms with Crippen LogP contribution in [0.1, 0.15) is 17.8 Å². The highest BCUT2D eigenvalue weighted by Crippen LogP contribution is 2.27. The van der Waals surface area contributed by atoms with Crippen LogP contribution in [0, 0.1) is 0 Å². The lowest BCUT2D eigenvalue weighted by molar-refractivity contribution is -0.118. The number of rotatable bonds is 6. The predicted octanol–water partition coefficient (Wildman–Crippen LogP) is 2.83. The second-order valence-corrected chi connectivity index (χ2v) is 6.23. The molecule has 0 aliphatic heterocycles. The average Bonchev–Trinajstić information content (AvgIpc) is 2.76. The highest BCUT2D eigenvalue weighted by atomic mass is 35.5.